The van der Waals surface area contributed by atoms with E-state index in [1.54, 1.807) is 72.2 Å². The number of benzene rings is 5. The Balaban J connectivity index is 1.36. The van der Waals surface area contributed by atoms with E-state index in [4.69, 9.17) is 38.4 Å². The van der Waals surface area contributed by atoms with Crippen LogP contribution in [0.4, 0.5) is 11.4 Å². The maximum Gasteiger partial charge on any atom is 0.164 e. The smallest absolute Gasteiger partial charge is 0.164 e. The molecule has 54 heavy (non-hydrogen) atoms. The minimum absolute atomic E-state index is 0.0977. The second-order valence-corrected chi connectivity index (χ2v) is 14.9. The van der Waals surface area contributed by atoms with Crippen LogP contribution in [0.25, 0.3) is 0 Å². The highest BCUT2D eigenvalue weighted by Gasteiger charge is 2.31. The maximum absolute atomic E-state index is 11.5. The van der Waals surface area contributed by atoms with Crippen molar-refractivity contribution in [2.24, 2.45) is 9.98 Å². The van der Waals surface area contributed by atoms with Crippen molar-refractivity contribution < 1.29 is 38.6 Å². The van der Waals surface area contributed by atoms with E-state index in [-0.39, 0.29) is 22.0 Å². The molecule has 0 spiro atoms. The zero-order valence-electron chi connectivity index (χ0n) is 30.7. The van der Waals surface area contributed by atoms with Crippen LogP contribution in [0.1, 0.15) is 45.6 Å². The maximum atomic E-state index is 11.5. The van der Waals surface area contributed by atoms with Crippen LogP contribution < -0.4 is 28.4 Å². The van der Waals surface area contributed by atoms with Crippen LogP contribution in [0, 0.1) is 0 Å². The predicted octanol–water partition coefficient (Wildman–Crippen LogP) is 9.87. The first-order valence-corrected chi connectivity index (χ1v) is 18.9. The average Bonchev–Trinajstić information content (AvgIpc) is 3.52. The third-order valence-electron chi connectivity index (χ3n) is 9.44. The number of ether oxygens (including phenoxy) is 6. The Kier molecular flexibility index (Phi) is 10.8. The van der Waals surface area contributed by atoms with Gasteiger partial charge in [-0.1, -0.05) is 24.3 Å². The highest BCUT2D eigenvalue weighted by atomic mass is 32.2. The lowest BCUT2D eigenvalue weighted by Gasteiger charge is -2.22. The Bertz CT molecular complexity index is 2120. The Morgan fingerprint density at radius 1 is 0.481 bits per heavy atom. The molecule has 0 aliphatic carbocycles. The van der Waals surface area contributed by atoms with Crippen LogP contribution in [0.15, 0.2) is 105 Å². The van der Waals surface area contributed by atoms with Crippen molar-refractivity contribution in [1.82, 2.24) is 0 Å². The zero-order chi connectivity index (χ0) is 37.9. The van der Waals surface area contributed by atoms with Gasteiger partial charge in [0.05, 0.1) is 65.5 Å². The minimum atomic E-state index is -0.195. The number of phenolic OH excluding ortho intramolecular Hbond substituents is 2. The fourth-order valence-corrected chi connectivity index (χ4v) is 9.26. The summed E-state index contributed by atoms with van der Waals surface area (Å²) in [5.74, 6) is 3.34. The standard InChI is InChI=1S/C42H40N2O8S2/c1-47-33-21-37(51-5)35(49-3)16-25(33)41-18-29(43-27-11-7-9-13-39(27)53-41)23-15-24(32(46)20-31(23)45)30-19-42(54-40-14-10-8-12-28(40)44-30)26-17-36(50-4)38(52-6)22-34(26)48-2/h7-17,20-22,41-42,45-46H,18-19H2,1-6H3/t41-,42+. The van der Waals surface area contributed by atoms with Gasteiger partial charge in [-0.2, -0.15) is 0 Å². The molecule has 2 atom stereocenters. The summed E-state index contributed by atoms with van der Waals surface area (Å²) in [7, 11) is 9.64. The van der Waals surface area contributed by atoms with Crippen molar-refractivity contribution in [1.29, 1.82) is 0 Å². The SMILES string of the molecule is COc1cc(OC)c([C@@H]2CC(c3cc(C4=Nc5ccccc5S[C@@H](c5cc(OC)c(OC)cc5OC)C4)c(O)cc3O)=Nc3ccccc3S2)cc1OC. The molecule has 0 radical (unpaired) electrons. The molecule has 5 aromatic rings. The lowest BCUT2D eigenvalue weighted by molar-refractivity contribution is 0.347. The van der Waals surface area contributed by atoms with Crippen LogP contribution in [0.5, 0.6) is 46.0 Å². The molecule has 0 saturated heterocycles. The van der Waals surface area contributed by atoms with Gasteiger partial charge in [-0.05, 0) is 42.5 Å². The number of aromatic hydroxyl groups is 2. The largest absolute Gasteiger partial charge is 0.507 e. The molecule has 5 aromatic carbocycles. The van der Waals surface area contributed by atoms with Gasteiger partial charge in [-0.3, -0.25) is 9.98 Å². The summed E-state index contributed by atoms with van der Waals surface area (Å²) in [5, 5.41) is 22.7. The molecule has 2 aliphatic heterocycles. The summed E-state index contributed by atoms with van der Waals surface area (Å²) < 4.78 is 34.2. The summed E-state index contributed by atoms with van der Waals surface area (Å²) in [6.07, 6.45) is 0.833. The molecule has 0 unspecified atom stereocenters. The molecular formula is C42H40N2O8S2. The van der Waals surface area contributed by atoms with Crippen LogP contribution >= 0.6 is 23.5 Å². The monoisotopic (exact) mass is 764 g/mol. The van der Waals surface area contributed by atoms with E-state index < -0.39 is 0 Å². The van der Waals surface area contributed by atoms with Crippen molar-refractivity contribution in [3.8, 4) is 46.0 Å². The van der Waals surface area contributed by atoms with Crippen molar-refractivity contribution in [2.75, 3.05) is 42.7 Å². The van der Waals surface area contributed by atoms with E-state index in [2.05, 4.69) is 0 Å². The topological polar surface area (TPSA) is 121 Å². The van der Waals surface area contributed by atoms with E-state index in [9.17, 15) is 10.2 Å². The number of para-hydroxylation sites is 2. The highest BCUT2D eigenvalue weighted by molar-refractivity contribution is 8.00. The summed E-state index contributed by atoms with van der Waals surface area (Å²) in [5.41, 5.74) is 5.55. The van der Waals surface area contributed by atoms with E-state index >= 15 is 0 Å². The van der Waals surface area contributed by atoms with Crippen molar-refractivity contribution in [3.63, 3.8) is 0 Å². The third-order valence-corrected chi connectivity index (χ3v) is 12.0. The number of nitrogens with zero attached hydrogens (tertiary/aromatic N) is 2. The van der Waals surface area contributed by atoms with Crippen molar-refractivity contribution >= 4 is 46.3 Å². The van der Waals surface area contributed by atoms with Crippen molar-refractivity contribution in [2.45, 2.75) is 33.1 Å². The molecule has 278 valence electrons. The van der Waals surface area contributed by atoms with Gasteiger partial charge < -0.3 is 38.6 Å². The Hall–Kier alpha value is -5.46. The molecule has 10 nitrogen and oxygen atoms in total. The zero-order valence-corrected chi connectivity index (χ0v) is 32.3. The summed E-state index contributed by atoms with van der Waals surface area (Å²) in [6, 6.07) is 26.5. The van der Waals surface area contributed by atoms with Gasteiger partial charge >= 0.3 is 0 Å². The molecule has 0 fully saturated rings. The summed E-state index contributed by atoms with van der Waals surface area (Å²) in [4.78, 5) is 12.2. The first-order chi connectivity index (χ1) is 26.3. The first kappa shape index (κ1) is 36.9. The van der Waals surface area contributed by atoms with Crippen LogP contribution in [-0.2, 0) is 0 Å². The number of aliphatic imine (C=N–C) groups is 2. The number of hydrogen-bond acceptors (Lipinski definition) is 12. The van der Waals surface area contributed by atoms with Crippen LogP contribution in [0.2, 0.25) is 0 Å². The Morgan fingerprint density at radius 3 is 1.24 bits per heavy atom. The number of thioether (sulfide) groups is 2. The Morgan fingerprint density at radius 2 is 0.852 bits per heavy atom. The first-order valence-electron chi connectivity index (χ1n) is 17.1. The molecular weight excluding hydrogens is 725 g/mol. The number of rotatable bonds is 10. The van der Waals surface area contributed by atoms with E-state index in [1.807, 2.05) is 72.8 Å². The molecule has 0 amide bonds. The molecule has 7 rings (SSSR count). The average molecular weight is 765 g/mol. The van der Waals surface area contributed by atoms with Gasteiger partial charge in [0.15, 0.2) is 23.0 Å². The molecule has 12 heteroatoms. The van der Waals surface area contributed by atoms with Gasteiger partial charge in [-0.25, -0.2) is 0 Å². The lowest BCUT2D eigenvalue weighted by atomic mass is 9.94. The number of phenols is 2. The highest BCUT2D eigenvalue weighted by Crippen LogP contribution is 2.52. The second-order valence-electron chi connectivity index (χ2n) is 12.5. The fraction of sp³-hybridized carbons (Fsp3) is 0.238. The molecule has 2 heterocycles. The normalized spacial score (nSPS) is 16.4. The third kappa shape index (κ3) is 7.11. The summed E-state index contributed by atoms with van der Waals surface area (Å²) >= 11 is 3.31. The molecule has 2 aliphatic rings. The fourth-order valence-electron chi connectivity index (χ4n) is 6.76. The van der Waals surface area contributed by atoms with Gasteiger partial charge in [0, 0.05) is 73.6 Å². The molecule has 0 bridgehead atoms. The van der Waals surface area contributed by atoms with Gasteiger partial charge in [0.1, 0.15) is 23.0 Å². The number of fused-ring (bicyclic) bond motifs is 2. The van der Waals surface area contributed by atoms with Gasteiger partial charge in [-0.15, -0.1) is 23.5 Å². The quantitative estimate of drug-likeness (QED) is 0.142. The minimum Gasteiger partial charge on any atom is -0.507 e. The van der Waals surface area contributed by atoms with Gasteiger partial charge in [0.2, 0.25) is 0 Å². The van der Waals surface area contributed by atoms with E-state index in [0.717, 1.165) is 32.3 Å². The molecule has 2 N–H and O–H groups in total. The van der Waals surface area contributed by atoms with E-state index in [0.29, 0.717) is 69.9 Å². The predicted molar refractivity (Wildman–Crippen MR) is 214 cm³/mol. The van der Waals surface area contributed by atoms with Crippen LogP contribution in [0.3, 0.4) is 0 Å². The molecule has 0 aromatic heterocycles. The second kappa shape index (κ2) is 15.9. The Labute approximate surface area is 322 Å². The number of hydrogen-bond donors (Lipinski definition) is 2. The van der Waals surface area contributed by atoms with Gasteiger partial charge in [0.25, 0.3) is 0 Å². The van der Waals surface area contributed by atoms with Crippen molar-refractivity contribution in [3.05, 3.63) is 107 Å². The lowest BCUT2D eigenvalue weighted by Crippen LogP contribution is -2.11. The summed E-state index contributed by atoms with van der Waals surface area (Å²) in [6.45, 7) is 0. The number of methoxy groups -OCH3 is 6. The van der Waals surface area contributed by atoms with E-state index in [1.165, 1.54) is 6.07 Å². The molecule has 0 saturated carbocycles. The van der Waals surface area contributed by atoms with Crippen LogP contribution in [-0.4, -0.2) is 64.3 Å².